The summed E-state index contributed by atoms with van der Waals surface area (Å²) in [5.74, 6) is 0.0661. The minimum atomic E-state index is 0.0661. The maximum atomic E-state index is 10.9. The van der Waals surface area contributed by atoms with E-state index < -0.39 is 0 Å². The number of rotatable bonds is 6. The van der Waals surface area contributed by atoms with Gasteiger partial charge in [0.25, 0.3) is 0 Å². The van der Waals surface area contributed by atoms with Crippen molar-refractivity contribution in [1.29, 1.82) is 0 Å². The molecule has 0 rings (SSSR count). The Morgan fingerprint density at radius 1 is 1.45 bits per heavy atom. The number of hydrogen-bond donors (Lipinski definition) is 2. The monoisotopic (exact) mass is 160 g/mol. The topological polar surface area (TPSA) is 50.4 Å². The van der Waals surface area contributed by atoms with Crippen molar-refractivity contribution >= 4 is 5.91 Å². The average Bonchev–Trinajstić information content (AvgIpc) is 2.01. The van der Waals surface area contributed by atoms with Crippen LogP contribution in [0.25, 0.3) is 0 Å². The fourth-order valence-electron chi connectivity index (χ4n) is 0.619. The summed E-state index contributed by atoms with van der Waals surface area (Å²) < 4.78 is 4.77. The highest BCUT2D eigenvalue weighted by molar-refractivity contribution is 5.75. The van der Waals surface area contributed by atoms with Crippen molar-refractivity contribution in [2.45, 2.75) is 6.42 Å². The molecule has 0 aromatic heterocycles. The zero-order valence-electron chi connectivity index (χ0n) is 7.14. The second kappa shape index (κ2) is 7.50. The summed E-state index contributed by atoms with van der Waals surface area (Å²) in [4.78, 5) is 10.9. The van der Waals surface area contributed by atoms with Crippen molar-refractivity contribution < 1.29 is 9.53 Å². The van der Waals surface area contributed by atoms with E-state index in [1.807, 2.05) is 7.05 Å². The predicted molar refractivity (Wildman–Crippen MR) is 43.4 cm³/mol. The van der Waals surface area contributed by atoms with E-state index in [0.29, 0.717) is 19.6 Å². The number of nitrogens with one attached hydrogen (secondary N) is 2. The van der Waals surface area contributed by atoms with Gasteiger partial charge in [-0.2, -0.15) is 0 Å². The molecular weight excluding hydrogens is 144 g/mol. The van der Waals surface area contributed by atoms with Crippen molar-refractivity contribution in [3.8, 4) is 0 Å². The van der Waals surface area contributed by atoms with E-state index in [0.717, 1.165) is 6.54 Å². The quantitative estimate of drug-likeness (QED) is 0.508. The highest BCUT2D eigenvalue weighted by atomic mass is 16.5. The van der Waals surface area contributed by atoms with Crippen LogP contribution >= 0.6 is 0 Å². The molecule has 0 aromatic carbocycles. The molecule has 1 amide bonds. The summed E-state index contributed by atoms with van der Waals surface area (Å²) in [7, 11) is 3.43. The highest BCUT2D eigenvalue weighted by Crippen LogP contribution is 1.75. The Hall–Kier alpha value is -0.610. The molecule has 4 nitrogen and oxygen atoms in total. The standard InChI is InChI=1S/C7H16N2O2/c1-8-4-3-7(10)9-5-6-11-2/h8H,3-6H2,1-2H3,(H,9,10). The van der Waals surface area contributed by atoms with Crippen molar-refractivity contribution in [3.63, 3.8) is 0 Å². The van der Waals surface area contributed by atoms with Crippen LogP contribution < -0.4 is 10.6 Å². The molecule has 0 unspecified atom stereocenters. The van der Waals surface area contributed by atoms with Crippen molar-refractivity contribution in [2.24, 2.45) is 0 Å². The Bertz CT molecular complexity index is 107. The number of amides is 1. The van der Waals surface area contributed by atoms with E-state index in [9.17, 15) is 4.79 Å². The van der Waals surface area contributed by atoms with Crippen LogP contribution in [0.3, 0.4) is 0 Å². The first-order valence-electron chi connectivity index (χ1n) is 3.71. The minimum Gasteiger partial charge on any atom is -0.383 e. The van der Waals surface area contributed by atoms with Gasteiger partial charge in [0.05, 0.1) is 6.61 Å². The van der Waals surface area contributed by atoms with Crippen LogP contribution in [0.5, 0.6) is 0 Å². The van der Waals surface area contributed by atoms with Crippen molar-refractivity contribution in [3.05, 3.63) is 0 Å². The van der Waals surface area contributed by atoms with E-state index in [4.69, 9.17) is 4.74 Å². The van der Waals surface area contributed by atoms with E-state index in [1.54, 1.807) is 7.11 Å². The Kier molecular flexibility index (Phi) is 7.08. The van der Waals surface area contributed by atoms with Crippen molar-refractivity contribution in [2.75, 3.05) is 33.9 Å². The van der Waals surface area contributed by atoms with Crippen LogP contribution in [0.2, 0.25) is 0 Å². The highest BCUT2D eigenvalue weighted by Gasteiger charge is 1.97. The van der Waals surface area contributed by atoms with Gasteiger partial charge in [-0.3, -0.25) is 4.79 Å². The van der Waals surface area contributed by atoms with Crippen LogP contribution in [0.1, 0.15) is 6.42 Å². The fraction of sp³-hybridized carbons (Fsp3) is 0.857. The lowest BCUT2D eigenvalue weighted by molar-refractivity contribution is -0.121. The number of ether oxygens (including phenoxy) is 1. The molecule has 0 spiro atoms. The van der Waals surface area contributed by atoms with Gasteiger partial charge in [0.15, 0.2) is 0 Å². The van der Waals surface area contributed by atoms with E-state index >= 15 is 0 Å². The van der Waals surface area contributed by atoms with E-state index in [-0.39, 0.29) is 5.91 Å². The molecule has 0 saturated heterocycles. The summed E-state index contributed by atoms with van der Waals surface area (Å²) in [6.07, 6.45) is 0.528. The summed E-state index contributed by atoms with van der Waals surface area (Å²) in [6.45, 7) is 1.89. The number of carbonyl (C=O) groups excluding carboxylic acids is 1. The normalized spacial score (nSPS) is 9.64. The van der Waals surface area contributed by atoms with Crippen molar-refractivity contribution in [1.82, 2.24) is 10.6 Å². The van der Waals surface area contributed by atoms with Crippen LogP contribution in [0, 0.1) is 0 Å². The van der Waals surface area contributed by atoms with Gasteiger partial charge in [-0.25, -0.2) is 0 Å². The molecule has 0 radical (unpaired) electrons. The Labute approximate surface area is 67.3 Å². The van der Waals surface area contributed by atoms with E-state index in [1.165, 1.54) is 0 Å². The molecule has 4 heteroatoms. The first kappa shape index (κ1) is 10.4. The maximum absolute atomic E-state index is 10.9. The fourth-order valence-corrected chi connectivity index (χ4v) is 0.619. The number of methoxy groups -OCH3 is 1. The zero-order valence-corrected chi connectivity index (χ0v) is 7.14. The first-order chi connectivity index (χ1) is 5.31. The average molecular weight is 160 g/mol. The smallest absolute Gasteiger partial charge is 0.221 e. The van der Waals surface area contributed by atoms with Gasteiger partial charge in [-0.05, 0) is 7.05 Å². The van der Waals surface area contributed by atoms with Gasteiger partial charge < -0.3 is 15.4 Å². The second-order valence-corrected chi connectivity index (χ2v) is 2.20. The molecule has 0 bridgehead atoms. The molecule has 0 fully saturated rings. The van der Waals surface area contributed by atoms with Gasteiger partial charge in [0.1, 0.15) is 0 Å². The van der Waals surface area contributed by atoms with Gasteiger partial charge in [-0.15, -0.1) is 0 Å². The molecule has 0 aliphatic carbocycles. The first-order valence-corrected chi connectivity index (χ1v) is 3.71. The summed E-state index contributed by atoms with van der Waals surface area (Å²) >= 11 is 0. The van der Waals surface area contributed by atoms with Gasteiger partial charge in [0.2, 0.25) is 5.91 Å². The maximum Gasteiger partial charge on any atom is 0.221 e. The molecule has 0 aliphatic rings. The molecular formula is C7H16N2O2. The largest absolute Gasteiger partial charge is 0.383 e. The molecule has 66 valence electrons. The second-order valence-electron chi connectivity index (χ2n) is 2.20. The lowest BCUT2D eigenvalue weighted by atomic mass is 10.4. The predicted octanol–water partition coefficient (Wildman–Crippen LogP) is -0.641. The third-order valence-corrected chi connectivity index (χ3v) is 1.23. The SMILES string of the molecule is CNCCC(=O)NCCOC. The molecule has 0 aromatic rings. The molecule has 11 heavy (non-hydrogen) atoms. The molecule has 0 heterocycles. The Balaban J connectivity index is 3.09. The van der Waals surface area contributed by atoms with E-state index in [2.05, 4.69) is 10.6 Å². The van der Waals surface area contributed by atoms with Crippen LogP contribution in [0.15, 0.2) is 0 Å². The van der Waals surface area contributed by atoms with Gasteiger partial charge >= 0.3 is 0 Å². The van der Waals surface area contributed by atoms with Crippen LogP contribution in [0.4, 0.5) is 0 Å². The summed E-state index contributed by atoms with van der Waals surface area (Å²) in [6, 6.07) is 0. The van der Waals surface area contributed by atoms with Gasteiger partial charge in [-0.1, -0.05) is 0 Å². The lowest BCUT2D eigenvalue weighted by Crippen LogP contribution is -2.29. The van der Waals surface area contributed by atoms with Gasteiger partial charge in [0, 0.05) is 26.6 Å². The third-order valence-electron chi connectivity index (χ3n) is 1.23. The van der Waals surface area contributed by atoms with Crippen LogP contribution in [-0.2, 0) is 9.53 Å². The zero-order chi connectivity index (χ0) is 8.53. The Morgan fingerprint density at radius 3 is 2.73 bits per heavy atom. The van der Waals surface area contributed by atoms with Crippen LogP contribution in [-0.4, -0.2) is 39.8 Å². The number of carbonyl (C=O) groups is 1. The summed E-state index contributed by atoms with van der Waals surface area (Å²) in [5.41, 5.74) is 0. The minimum absolute atomic E-state index is 0.0661. The third kappa shape index (κ3) is 7.29. The Morgan fingerprint density at radius 2 is 2.18 bits per heavy atom. The molecule has 0 saturated carbocycles. The molecule has 0 atom stereocenters. The molecule has 2 N–H and O–H groups in total. The number of hydrogen-bond acceptors (Lipinski definition) is 3. The lowest BCUT2D eigenvalue weighted by Gasteiger charge is -2.02. The molecule has 0 aliphatic heterocycles. The summed E-state index contributed by atoms with van der Waals surface area (Å²) in [5, 5.41) is 5.61.